The van der Waals surface area contributed by atoms with Gasteiger partial charge in [-0.2, -0.15) is 11.3 Å². The van der Waals surface area contributed by atoms with Crippen LogP contribution in [0.3, 0.4) is 0 Å². The van der Waals surface area contributed by atoms with Gasteiger partial charge in [0.2, 0.25) is 5.91 Å². The van der Waals surface area contributed by atoms with Crippen molar-refractivity contribution in [2.24, 2.45) is 0 Å². The first kappa shape index (κ1) is 15.7. The lowest BCUT2D eigenvalue weighted by molar-refractivity contribution is -0.153. The van der Waals surface area contributed by atoms with Gasteiger partial charge in [-0.25, -0.2) is 0 Å². The Morgan fingerprint density at radius 2 is 2.09 bits per heavy atom. The summed E-state index contributed by atoms with van der Waals surface area (Å²) in [6, 6.07) is 2.19. The molecule has 22 heavy (non-hydrogen) atoms. The molecule has 0 aliphatic carbocycles. The number of piperidine rings is 1. The van der Waals surface area contributed by atoms with Gasteiger partial charge in [-0.05, 0) is 42.3 Å². The van der Waals surface area contributed by atoms with Gasteiger partial charge in [0.15, 0.2) is 0 Å². The number of hydrogen-bond donors (Lipinski definition) is 0. The molecule has 0 atom stereocenters. The van der Waals surface area contributed by atoms with Gasteiger partial charge in [-0.15, -0.1) is 6.58 Å². The Morgan fingerprint density at radius 3 is 2.73 bits per heavy atom. The molecule has 0 bridgehead atoms. The number of likely N-dealkylation sites (N-methyl/N-ethyl adjacent to an activating group) is 1. The second-order valence-corrected chi connectivity index (χ2v) is 7.18. The van der Waals surface area contributed by atoms with Crippen LogP contribution in [0.5, 0.6) is 0 Å². The number of carbonyl (C=O) groups is 1. The van der Waals surface area contributed by atoms with Crippen molar-refractivity contribution in [1.82, 2.24) is 14.7 Å². The molecule has 3 heterocycles. The summed E-state index contributed by atoms with van der Waals surface area (Å²) in [6.45, 7) is 9.23. The zero-order chi connectivity index (χ0) is 15.6. The normalized spacial score (nSPS) is 23.1. The van der Waals surface area contributed by atoms with Crippen molar-refractivity contribution in [3.05, 3.63) is 35.0 Å². The number of likely N-dealkylation sites (tertiary alicyclic amines) is 1. The zero-order valence-electron chi connectivity index (χ0n) is 13.3. The topological polar surface area (TPSA) is 26.8 Å². The van der Waals surface area contributed by atoms with Gasteiger partial charge in [-0.1, -0.05) is 6.08 Å². The highest BCUT2D eigenvalue weighted by atomic mass is 32.1. The smallest absolute Gasteiger partial charge is 0.243 e. The Kier molecular flexibility index (Phi) is 4.66. The van der Waals surface area contributed by atoms with Crippen molar-refractivity contribution in [1.29, 1.82) is 0 Å². The molecule has 2 aliphatic heterocycles. The number of nitrogens with zero attached hydrogens (tertiary/aromatic N) is 3. The van der Waals surface area contributed by atoms with Gasteiger partial charge in [0, 0.05) is 39.3 Å². The Hall–Kier alpha value is -1.17. The van der Waals surface area contributed by atoms with E-state index in [1.807, 2.05) is 11.0 Å². The first-order valence-corrected chi connectivity index (χ1v) is 8.95. The van der Waals surface area contributed by atoms with Crippen LogP contribution in [0, 0.1) is 0 Å². The molecule has 1 aromatic heterocycles. The minimum atomic E-state index is -0.285. The minimum absolute atomic E-state index is 0.285. The molecule has 2 aliphatic rings. The van der Waals surface area contributed by atoms with Crippen molar-refractivity contribution in [2.75, 3.05) is 39.8 Å². The van der Waals surface area contributed by atoms with Crippen LogP contribution in [0.15, 0.2) is 29.5 Å². The average molecular weight is 319 g/mol. The molecular weight excluding hydrogens is 294 g/mol. The Morgan fingerprint density at radius 1 is 1.32 bits per heavy atom. The molecule has 1 amide bonds. The lowest BCUT2D eigenvalue weighted by Crippen LogP contribution is -2.67. The van der Waals surface area contributed by atoms with E-state index < -0.39 is 0 Å². The fraction of sp³-hybridized carbons (Fsp3) is 0.588. The zero-order valence-corrected chi connectivity index (χ0v) is 14.1. The summed E-state index contributed by atoms with van der Waals surface area (Å²) in [5, 5.41) is 4.35. The molecule has 0 radical (unpaired) electrons. The van der Waals surface area contributed by atoms with E-state index in [0.717, 1.165) is 45.6 Å². The number of carbonyl (C=O) groups excluding carboxylic acids is 1. The van der Waals surface area contributed by atoms with Crippen LogP contribution in [0.2, 0.25) is 0 Å². The summed E-state index contributed by atoms with van der Waals surface area (Å²) in [4.78, 5) is 19.7. The average Bonchev–Trinajstić information content (AvgIpc) is 3.03. The summed E-state index contributed by atoms with van der Waals surface area (Å²) >= 11 is 1.75. The van der Waals surface area contributed by atoms with E-state index in [4.69, 9.17) is 0 Å². The van der Waals surface area contributed by atoms with Gasteiger partial charge < -0.3 is 4.90 Å². The van der Waals surface area contributed by atoms with E-state index in [1.54, 1.807) is 11.3 Å². The molecule has 0 N–H and O–H groups in total. The lowest BCUT2D eigenvalue weighted by Gasteiger charge is -2.51. The number of amides is 1. The van der Waals surface area contributed by atoms with Gasteiger partial charge in [0.25, 0.3) is 0 Å². The minimum Gasteiger partial charge on any atom is -0.336 e. The Bertz CT molecular complexity index is 520. The third kappa shape index (κ3) is 2.85. The second-order valence-electron chi connectivity index (χ2n) is 6.40. The van der Waals surface area contributed by atoms with E-state index in [0.29, 0.717) is 12.5 Å². The monoisotopic (exact) mass is 319 g/mol. The van der Waals surface area contributed by atoms with Crippen LogP contribution in [0.1, 0.15) is 18.4 Å². The molecule has 3 rings (SSSR count). The van der Waals surface area contributed by atoms with Gasteiger partial charge in [0.05, 0.1) is 0 Å². The molecule has 4 nitrogen and oxygen atoms in total. The highest BCUT2D eigenvalue weighted by molar-refractivity contribution is 7.07. The Balaban J connectivity index is 1.66. The third-order valence-corrected chi connectivity index (χ3v) is 5.87. The highest BCUT2D eigenvalue weighted by Crippen LogP contribution is 2.33. The number of piperazine rings is 1. The van der Waals surface area contributed by atoms with Crippen molar-refractivity contribution >= 4 is 17.2 Å². The van der Waals surface area contributed by atoms with Crippen LogP contribution in [0.25, 0.3) is 0 Å². The van der Waals surface area contributed by atoms with E-state index in [9.17, 15) is 4.79 Å². The van der Waals surface area contributed by atoms with Crippen molar-refractivity contribution in [2.45, 2.75) is 24.9 Å². The summed E-state index contributed by atoms with van der Waals surface area (Å²) in [6.07, 6.45) is 3.70. The maximum Gasteiger partial charge on any atom is 0.243 e. The van der Waals surface area contributed by atoms with Gasteiger partial charge >= 0.3 is 0 Å². The summed E-state index contributed by atoms with van der Waals surface area (Å²) in [5.41, 5.74) is 1.10. The summed E-state index contributed by atoms with van der Waals surface area (Å²) in [7, 11) is 2.11. The molecule has 2 saturated heterocycles. The predicted molar refractivity (Wildman–Crippen MR) is 91.0 cm³/mol. The van der Waals surface area contributed by atoms with Crippen LogP contribution < -0.4 is 0 Å². The fourth-order valence-electron chi connectivity index (χ4n) is 3.69. The molecule has 1 spiro atoms. The molecule has 1 aromatic rings. The van der Waals surface area contributed by atoms with Crippen molar-refractivity contribution in [3.63, 3.8) is 0 Å². The molecule has 0 unspecified atom stereocenters. The second kappa shape index (κ2) is 6.52. The number of rotatable bonds is 4. The molecule has 120 valence electrons. The first-order chi connectivity index (χ1) is 10.7. The van der Waals surface area contributed by atoms with Crippen LogP contribution in [-0.4, -0.2) is 65.9 Å². The van der Waals surface area contributed by atoms with Gasteiger partial charge in [-0.3, -0.25) is 14.6 Å². The van der Waals surface area contributed by atoms with Crippen molar-refractivity contribution < 1.29 is 4.79 Å². The van der Waals surface area contributed by atoms with Crippen LogP contribution in [-0.2, 0) is 11.3 Å². The summed E-state index contributed by atoms with van der Waals surface area (Å²) < 4.78 is 0. The van der Waals surface area contributed by atoms with Crippen LogP contribution >= 0.6 is 11.3 Å². The summed E-state index contributed by atoms with van der Waals surface area (Å²) in [5.74, 6) is 0.302. The Labute approximate surface area is 137 Å². The van der Waals surface area contributed by atoms with Gasteiger partial charge in [0.1, 0.15) is 5.54 Å². The van der Waals surface area contributed by atoms with E-state index in [1.165, 1.54) is 5.56 Å². The van der Waals surface area contributed by atoms with Crippen LogP contribution in [0.4, 0.5) is 0 Å². The van der Waals surface area contributed by atoms with E-state index >= 15 is 0 Å². The largest absolute Gasteiger partial charge is 0.336 e. The quantitative estimate of drug-likeness (QED) is 0.795. The third-order valence-electron chi connectivity index (χ3n) is 5.14. The number of thiophene rings is 1. The van der Waals surface area contributed by atoms with E-state index in [2.05, 4.69) is 40.3 Å². The maximum absolute atomic E-state index is 12.9. The molecule has 5 heteroatoms. The molecule has 0 saturated carbocycles. The predicted octanol–water partition coefficient (Wildman–Crippen LogP) is 2.04. The fourth-order valence-corrected chi connectivity index (χ4v) is 4.35. The maximum atomic E-state index is 12.9. The lowest BCUT2D eigenvalue weighted by atomic mass is 9.82. The first-order valence-electron chi connectivity index (χ1n) is 8.01. The number of hydrogen-bond acceptors (Lipinski definition) is 4. The van der Waals surface area contributed by atoms with Crippen molar-refractivity contribution in [3.8, 4) is 0 Å². The molecular formula is C17H25N3OS. The highest BCUT2D eigenvalue weighted by Gasteiger charge is 2.48. The standard InChI is InChI=1S/C17H25N3OS/c1-3-7-20-11-10-18(2)17(16(20)21)5-8-19(9-6-17)13-15-4-12-22-14-15/h3-4,12,14H,1,5-11,13H2,2H3. The van der Waals surface area contributed by atoms with E-state index in [-0.39, 0.29) is 5.54 Å². The molecule has 2 fully saturated rings. The molecule has 0 aromatic carbocycles. The SMILES string of the molecule is C=CCN1CCN(C)C2(CCN(Cc3ccsc3)CC2)C1=O.